The minimum atomic E-state index is -0.0782. The summed E-state index contributed by atoms with van der Waals surface area (Å²) in [6, 6.07) is 0. The highest BCUT2D eigenvalue weighted by molar-refractivity contribution is 7.11. The molecule has 2 aromatic heterocycles. The van der Waals surface area contributed by atoms with Crippen LogP contribution in [0.25, 0.3) is 0 Å². The number of nitrogens with zero attached hydrogens (tertiary/aromatic N) is 4. The molecular weight excluding hydrogens is 338 g/mol. The maximum Gasteiger partial charge on any atom is 0.265 e. The molecule has 0 unspecified atom stereocenters. The highest BCUT2D eigenvalue weighted by atomic mass is 32.1. The van der Waals surface area contributed by atoms with Gasteiger partial charge in [-0.05, 0) is 25.2 Å². The van der Waals surface area contributed by atoms with Gasteiger partial charge in [-0.1, -0.05) is 0 Å². The molecule has 0 radical (unpaired) electrons. The summed E-state index contributed by atoms with van der Waals surface area (Å²) in [4.78, 5) is 38.6. The van der Waals surface area contributed by atoms with Gasteiger partial charge in [0, 0.05) is 26.2 Å². The second-order valence-corrected chi connectivity index (χ2v) is 7.10. The number of piperidine rings is 1. The first-order chi connectivity index (χ1) is 12.1. The average molecular weight is 359 g/mol. The smallest absolute Gasteiger partial charge is 0.265 e. The van der Waals surface area contributed by atoms with E-state index in [4.69, 9.17) is 0 Å². The number of carbonyl (C=O) groups is 2. The number of amides is 2. The zero-order chi connectivity index (χ0) is 17.6. The molecule has 8 heteroatoms. The van der Waals surface area contributed by atoms with E-state index in [1.807, 2.05) is 4.90 Å². The quantitative estimate of drug-likeness (QED) is 0.877. The lowest BCUT2D eigenvalue weighted by molar-refractivity contribution is -0.119. The Hall–Kier alpha value is -2.35. The fraction of sp³-hybridized carbons (Fsp3) is 0.471. The summed E-state index contributed by atoms with van der Waals surface area (Å²) in [6.07, 6.45) is 7.95. The fourth-order valence-electron chi connectivity index (χ4n) is 2.91. The first-order valence-corrected chi connectivity index (χ1v) is 9.22. The van der Waals surface area contributed by atoms with Gasteiger partial charge in [-0.2, -0.15) is 0 Å². The van der Waals surface area contributed by atoms with E-state index in [1.165, 1.54) is 18.3 Å². The molecule has 0 aliphatic carbocycles. The largest absolute Gasteiger partial charge is 0.351 e. The van der Waals surface area contributed by atoms with Crippen molar-refractivity contribution in [1.29, 1.82) is 0 Å². The number of hydrogen-bond donors (Lipinski definition) is 1. The van der Waals surface area contributed by atoms with Crippen molar-refractivity contribution < 1.29 is 9.59 Å². The van der Waals surface area contributed by atoms with Crippen LogP contribution in [-0.2, 0) is 17.8 Å². The lowest BCUT2D eigenvalue weighted by atomic mass is 9.92. The zero-order valence-corrected chi connectivity index (χ0v) is 15.0. The third kappa shape index (κ3) is 4.82. The molecule has 3 heterocycles. The second kappa shape index (κ2) is 8.15. The summed E-state index contributed by atoms with van der Waals surface area (Å²) in [5, 5.41) is 2.71. The minimum absolute atomic E-state index is 0.0782. The number of hydrogen-bond acceptors (Lipinski definition) is 6. The fourth-order valence-corrected chi connectivity index (χ4v) is 3.49. The molecule has 132 valence electrons. The van der Waals surface area contributed by atoms with E-state index in [2.05, 4.69) is 20.3 Å². The van der Waals surface area contributed by atoms with E-state index >= 15 is 0 Å². The van der Waals surface area contributed by atoms with E-state index in [0.717, 1.165) is 43.7 Å². The van der Waals surface area contributed by atoms with E-state index < -0.39 is 0 Å². The third-order valence-corrected chi connectivity index (χ3v) is 5.08. The van der Waals surface area contributed by atoms with Gasteiger partial charge in [-0.3, -0.25) is 24.5 Å². The van der Waals surface area contributed by atoms with Gasteiger partial charge >= 0.3 is 0 Å². The van der Waals surface area contributed by atoms with Crippen molar-refractivity contribution >= 4 is 23.2 Å². The molecule has 1 aliphatic rings. The van der Waals surface area contributed by atoms with Gasteiger partial charge in [-0.15, -0.1) is 11.3 Å². The van der Waals surface area contributed by atoms with Crippen molar-refractivity contribution in [3.05, 3.63) is 40.4 Å². The monoisotopic (exact) mass is 359 g/mol. The van der Waals surface area contributed by atoms with Crippen molar-refractivity contribution in [2.45, 2.75) is 32.7 Å². The molecular formula is C17H21N5O2S. The van der Waals surface area contributed by atoms with E-state index in [-0.39, 0.29) is 11.8 Å². The highest BCUT2D eigenvalue weighted by Crippen LogP contribution is 2.22. The Bertz CT molecular complexity index is 709. The van der Waals surface area contributed by atoms with E-state index in [0.29, 0.717) is 17.3 Å². The van der Waals surface area contributed by atoms with Crippen LogP contribution in [0.2, 0.25) is 0 Å². The topological polar surface area (TPSA) is 88.1 Å². The molecule has 0 bridgehead atoms. The van der Waals surface area contributed by atoms with Gasteiger partial charge in [0.15, 0.2) is 0 Å². The predicted molar refractivity (Wildman–Crippen MR) is 94.0 cm³/mol. The van der Waals surface area contributed by atoms with Crippen molar-refractivity contribution in [3.63, 3.8) is 0 Å². The van der Waals surface area contributed by atoms with E-state index in [9.17, 15) is 9.59 Å². The molecule has 0 spiro atoms. The number of rotatable bonds is 5. The Kier molecular flexibility index (Phi) is 5.70. The van der Waals surface area contributed by atoms with Crippen molar-refractivity contribution in [2.24, 2.45) is 5.92 Å². The Morgan fingerprint density at radius 2 is 1.92 bits per heavy atom. The maximum absolute atomic E-state index is 12.3. The lowest BCUT2D eigenvalue weighted by Gasteiger charge is -2.31. The first kappa shape index (κ1) is 17.5. The Balaban J connectivity index is 1.47. The Morgan fingerprint density at radius 1 is 1.20 bits per heavy atom. The average Bonchev–Trinajstić information content (AvgIpc) is 3.16. The maximum atomic E-state index is 12.3. The van der Waals surface area contributed by atoms with Gasteiger partial charge in [0.25, 0.3) is 5.91 Å². The molecule has 1 aliphatic heterocycles. The number of likely N-dealkylation sites (tertiary alicyclic amines) is 1. The number of nitrogens with one attached hydrogen (secondary N) is 1. The van der Waals surface area contributed by atoms with Crippen LogP contribution in [0, 0.1) is 5.92 Å². The van der Waals surface area contributed by atoms with Crippen molar-refractivity contribution in [2.75, 3.05) is 13.1 Å². The van der Waals surface area contributed by atoms with Crippen LogP contribution < -0.4 is 5.32 Å². The Labute approximate surface area is 150 Å². The zero-order valence-electron chi connectivity index (χ0n) is 14.1. The molecule has 0 saturated carbocycles. The van der Waals surface area contributed by atoms with Crippen LogP contribution in [0.3, 0.4) is 0 Å². The summed E-state index contributed by atoms with van der Waals surface area (Å²) in [5.74, 6) is 0.523. The number of aromatic nitrogens is 3. The van der Waals surface area contributed by atoms with Gasteiger partial charge in [-0.25, -0.2) is 0 Å². The highest BCUT2D eigenvalue weighted by Gasteiger charge is 2.24. The van der Waals surface area contributed by atoms with Crippen LogP contribution in [-0.4, -0.2) is 44.8 Å². The normalized spacial score (nSPS) is 15.2. The van der Waals surface area contributed by atoms with Crippen LogP contribution in [0.15, 0.2) is 24.1 Å². The number of carbonyl (C=O) groups excluding carboxylic acids is 2. The Morgan fingerprint density at radius 3 is 2.52 bits per heavy atom. The molecule has 1 saturated heterocycles. The summed E-state index contributed by atoms with van der Waals surface area (Å²) in [6.45, 7) is 3.43. The van der Waals surface area contributed by atoms with Crippen LogP contribution in [0.5, 0.6) is 0 Å². The van der Waals surface area contributed by atoms with Crippen LogP contribution in [0.1, 0.15) is 40.8 Å². The second-order valence-electron chi connectivity index (χ2n) is 6.21. The molecule has 7 nitrogen and oxygen atoms in total. The third-order valence-electron chi connectivity index (χ3n) is 4.32. The summed E-state index contributed by atoms with van der Waals surface area (Å²) in [7, 11) is 0. The van der Waals surface area contributed by atoms with Gasteiger partial charge in [0.05, 0.1) is 35.8 Å². The first-order valence-electron chi connectivity index (χ1n) is 8.34. The predicted octanol–water partition coefficient (Wildman–Crippen LogP) is 1.66. The molecule has 25 heavy (non-hydrogen) atoms. The number of thiazole rings is 1. The summed E-state index contributed by atoms with van der Waals surface area (Å²) in [5.41, 5.74) is 3.40. The van der Waals surface area contributed by atoms with Crippen molar-refractivity contribution in [1.82, 2.24) is 25.2 Å². The van der Waals surface area contributed by atoms with Gasteiger partial charge < -0.3 is 10.2 Å². The van der Waals surface area contributed by atoms with Crippen molar-refractivity contribution in [3.8, 4) is 0 Å². The molecule has 2 amide bonds. The van der Waals surface area contributed by atoms with Gasteiger partial charge in [0.1, 0.15) is 4.88 Å². The lowest BCUT2D eigenvalue weighted by Crippen LogP contribution is -2.38. The molecule has 0 aromatic carbocycles. The van der Waals surface area contributed by atoms with Crippen LogP contribution in [0.4, 0.5) is 0 Å². The molecule has 3 rings (SSSR count). The van der Waals surface area contributed by atoms with Gasteiger partial charge in [0.2, 0.25) is 5.91 Å². The summed E-state index contributed by atoms with van der Waals surface area (Å²) >= 11 is 1.39. The SMILES string of the molecule is CC(=O)NCc1cnc(CC2CCN(C(=O)c3cncs3)CC2)cn1. The molecule has 1 N–H and O–H groups in total. The summed E-state index contributed by atoms with van der Waals surface area (Å²) < 4.78 is 0. The standard InChI is InChI=1S/C17H21N5O2S/c1-12(23)19-8-15-9-20-14(7-21-15)6-13-2-4-22(5-3-13)17(24)16-10-18-11-25-16/h7,9-11,13H,2-6,8H2,1H3,(H,19,23). The molecule has 0 atom stereocenters. The van der Waals surface area contributed by atoms with Crippen LogP contribution >= 0.6 is 11.3 Å². The minimum Gasteiger partial charge on any atom is -0.351 e. The van der Waals surface area contributed by atoms with E-state index in [1.54, 1.807) is 24.1 Å². The molecule has 1 fully saturated rings. The molecule has 2 aromatic rings.